The maximum atomic E-state index is 12.9. The number of thiazole rings is 1. The standard InChI is InChI=1S/C18H19N3O3S3/c1-4-25-18-20-14-8-6-13(10-16(14)26-18)21-27(23,24)17-9-11(2)5-7-15(17)19-12(3)22/h5-10,21H,4H2,1-3H3,(H,19,22). The minimum Gasteiger partial charge on any atom is -0.325 e. The SMILES string of the molecule is CCSc1nc2ccc(NS(=O)(=O)c3cc(C)ccc3NC(C)=O)cc2s1. The van der Waals surface area contributed by atoms with Gasteiger partial charge < -0.3 is 5.32 Å². The van der Waals surface area contributed by atoms with Crippen LogP contribution in [-0.2, 0) is 14.8 Å². The number of benzene rings is 2. The van der Waals surface area contributed by atoms with Crippen molar-refractivity contribution in [1.29, 1.82) is 0 Å². The first kappa shape index (κ1) is 19.7. The van der Waals surface area contributed by atoms with E-state index in [4.69, 9.17) is 0 Å². The van der Waals surface area contributed by atoms with Crippen molar-refractivity contribution in [3.63, 3.8) is 0 Å². The van der Waals surface area contributed by atoms with E-state index in [0.29, 0.717) is 5.69 Å². The molecule has 0 bridgehead atoms. The Hall–Kier alpha value is -2.10. The first-order valence-corrected chi connectivity index (χ1v) is 11.5. The van der Waals surface area contributed by atoms with Crippen molar-refractivity contribution in [1.82, 2.24) is 4.98 Å². The molecule has 0 saturated carbocycles. The summed E-state index contributed by atoms with van der Waals surface area (Å²) in [5.74, 6) is 0.598. The molecule has 1 amide bonds. The third-order valence-electron chi connectivity index (χ3n) is 3.63. The molecule has 0 aliphatic rings. The zero-order valence-corrected chi connectivity index (χ0v) is 17.5. The van der Waals surface area contributed by atoms with Gasteiger partial charge in [-0.25, -0.2) is 13.4 Å². The minimum atomic E-state index is -3.87. The Morgan fingerprint density at radius 1 is 1.22 bits per heavy atom. The Kier molecular flexibility index (Phi) is 5.73. The van der Waals surface area contributed by atoms with E-state index in [2.05, 4.69) is 21.9 Å². The van der Waals surface area contributed by atoms with Crippen molar-refractivity contribution in [2.75, 3.05) is 15.8 Å². The van der Waals surface area contributed by atoms with E-state index in [1.807, 2.05) is 0 Å². The lowest BCUT2D eigenvalue weighted by molar-refractivity contribution is -0.114. The Labute approximate surface area is 166 Å². The number of rotatable bonds is 6. The fourth-order valence-corrected chi connectivity index (χ4v) is 5.81. The lowest BCUT2D eigenvalue weighted by atomic mass is 10.2. The molecular weight excluding hydrogens is 402 g/mol. The Balaban J connectivity index is 1.95. The number of amides is 1. The monoisotopic (exact) mass is 421 g/mol. The summed E-state index contributed by atoms with van der Waals surface area (Å²) >= 11 is 3.19. The second-order valence-corrected chi connectivity index (χ2v) is 10.1. The first-order chi connectivity index (χ1) is 12.8. The number of fused-ring (bicyclic) bond motifs is 1. The summed E-state index contributed by atoms with van der Waals surface area (Å²) < 4.78 is 30.3. The summed E-state index contributed by atoms with van der Waals surface area (Å²) in [6.45, 7) is 5.20. The topological polar surface area (TPSA) is 88.2 Å². The number of nitrogens with one attached hydrogen (secondary N) is 2. The molecule has 27 heavy (non-hydrogen) atoms. The van der Waals surface area contributed by atoms with E-state index in [1.165, 1.54) is 24.3 Å². The molecule has 2 aromatic carbocycles. The van der Waals surface area contributed by atoms with Gasteiger partial charge in [0.1, 0.15) is 4.90 Å². The van der Waals surface area contributed by atoms with Crippen LogP contribution >= 0.6 is 23.1 Å². The van der Waals surface area contributed by atoms with Gasteiger partial charge in [0.05, 0.1) is 21.6 Å². The van der Waals surface area contributed by atoms with Crippen LogP contribution in [0.2, 0.25) is 0 Å². The molecule has 3 rings (SSSR count). The van der Waals surface area contributed by atoms with Crippen LogP contribution in [0.25, 0.3) is 10.2 Å². The van der Waals surface area contributed by atoms with Crippen molar-refractivity contribution in [2.45, 2.75) is 30.0 Å². The average Bonchev–Trinajstić information content (AvgIpc) is 2.97. The lowest BCUT2D eigenvalue weighted by Gasteiger charge is -2.13. The highest BCUT2D eigenvalue weighted by atomic mass is 32.2. The van der Waals surface area contributed by atoms with Gasteiger partial charge in [-0.1, -0.05) is 24.8 Å². The number of aromatic nitrogens is 1. The maximum absolute atomic E-state index is 12.9. The fourth-order valence-electron chi connectivity index (χ4n) is 2.51. The number of hydrogen-bond donors (Lipinski definition) is 2. The highest BCUT2D eigenvalue weighted by Crippen LogP contribution is 2.32. The van der Waals surface area contributed by atoms with Crippen molar-refractivity contribution >= 4 is 60.6 Å². The summed E-state index contributed by atoms with van der Waals surface area (Å²) in [6, 6.07) is 10.1. The molecular formula is C18H19N3O3S3. The van der Waals surface area contributed by atoms with Crippen molar-refractivity contribution in [2.24, 2.45) is 0 Å². The number of aryl methyl sites for hydroxylation is 1. The summed E-state index contributed by atoms with van der Waals surface area (Å²) in [5, 5.41) is 2.57. The number of thioether (sulfide) groups is 1. The van der Waals surface area contributed by atoms with E-state index >= 15 is 0 Å². The molecule has 142 valence electrons. The summed E-state index contributed by atoms with van der Waals surface area (Å²) in [6.07, 6.45) is 0. The molecule has 0 aliphatic carbocycles. The van der Waals surface area contributed by atoms with Crippen LogP contribution in [0.4, 0.5) is 11.4 Å². The summed E-state index contributed by atoms with van der Waals surface area (Å²) in [5.41, 5.74) is 2.33. The van der Waals surface area contributed by atoms with Crippen LogP contribution in [0.1, 0.15) is 19.4 Å². The molecule has 0 spiro atoms. The normalized spacial score (nSPS) is 11.5. The summed E-state index contributed by atoms with van der Waals surface area (Å²) in [4.78, 5) is 15.9. The van der Waals surface area contributed by atoms with Gasteiger partial charge in [-0.05, 0) is 48.6 Å². The van der Waals surface area contributed by atoms with Crippen LogP contribution < -0.4 is 10.0 Å². The zero-order valence-electron chi connectivity index (χ0n) is 15.1. The van der Waals surface area contributed by atoms with E-state index in [0.717, 1.165) is 25.9 Å². The fraction of sp³-hybridized carbons (Fsp3) is 0.222. The average molecular weight is 422 g/mol. The molecule has 1 heterocycles. The Morgan fingerprint density at radius 2 is 2.00 bits per heavy atom. The highest BCUT2D eigenvalue weighted by molar-refractivity contribution is 8.01. The molecule has 0 aliphatic heterocycles. The highest BCUT2D eigenvalue weighted by Gasteiger charge is 2.20. The molecule has 0 radical (unpaired) electrons. The number of nitrogens with zero attached hydrogens (tertiary/aromatic N) is 1. The molecule has 3 aromatic rings. The van der Waals surface area contributed by atoms with Crippen LogP contribution in [0.15, 0.2) is 45.6 Å². The van der Waals surface area contributed by atoms with Crippen LogP contribution in [0.3, 0.4) is 0 Å². The number of hydrogen-bond acceptors (Lipinski definition) is 6. The molecule has 6 nitrogen and oxygen atoms in total. The van der Waals surface area contributed by atoms with Gasteiger partial charge in [0.2, 0.25) is 5.91 Å². The molecule has 0 saturated heterocycles. The largest absolute Gasteiger partial charge is 0.325 e. The number of sulfonamides is 1. The molecule has 9 heteroatoms. The predicted molar refractivity (Wildman–Crippen MR) is 112 cm³/mol. The predicted octanol–water partition coefficient (Wildman–Crippen LogP) is 4.48. The van der Waals surface area contributed by atoms with Gasteiger partial charge in [0.15, 0.2) is 4.34 Å². The Bertz CT molecular complexity index is 1110. The van der Waals surface area contributed by atoms with E-state index < -0.39 is 10.0 Å². The molecule has 0 fully saturated rings. The lowest BCUT2D eigenvalue weighted by Crippen LogP contribution is -2.17. The molecule has 0 unspecified atom stereocenters. The molecule has 0 atom stereocenters. The van der Waals surface area contributed by atoms with Gasteiger partial charge in [-0.2, -0.15) is 0 Å². The van der Waals surface area contributed by atoms with E-state index in [9.17, 15) is 13.2 Å². The quantitative estimate of drug-likeness (QED) is 0.573. The molecule has 2 N–H and O–H groups in total. The van der Waals surface area contributed by atoms with E-state index in [-0.39, 0.29) is 16.5 Å². The first-order valence-electron chi connectivity index (χ1n) is 8.23. The second-order valence-electron chi connectivity index (χ2n) is 5.88. The summed E-state index contributed by atoms with van der Waals surface area (Å²) in [7, 11) is -3.87. The van der Waals surface area contributed by atoms with Gasteiger partial charge in [0.25, 0.3) is 10.0 Å². The third kappa shape index (κ3) is 4.60. The van der Waals surface area contributed by atoms with Crippen molar-refractivity contribution in [3.8, 4) is 0 Å². The minimum absolute atomic E-state index is 0.0318. The second kappa shape index (κ2) is 7.87. The van der Waals surface area contributed by atoms with Crippen molar-refractivity contribution < 1.29 is 13.2 Å². The maximum Gasteiger partial charge on any atom is 0.263 e. The van der Waals surface area contributed by atoms with Gasteiger partial charge in [0, 0.05) is 6.92 Å². The molecule has 1 aromatic heterocycles. The van der Waals surface area contributed by atoms with Gasteiger partial charge >= 0.3 is 0 Å². The van der Waals surface area contributed by atoms with Gasteiger partial charge in [-0.3, -0.25) is 9.52 Å². The smallest absolute Gasteiger partial charge is 0.263 e. The van der Waals surface area contributed by atoms with Gasteiger partial charge in [-0.15, -0.1) is 11.3 Å². The van der Waals surface area contributed by atoms with E-state index in [1.54, 1.807) is 49.0 Å². The number of carbonyl (C=O) groups is 1. The Morgan fingerprint density at radius 3 is 2.70 bits per heavy atom. The van der Waals surface area contributed by atoms with Crippen molar-refractivity contribution in [3.05, 3.63) is 42.0 Å². The number of carbonyl (C=O) groups excluding carboxylic acids is 1. The third-order valence-corrected chi connectivity index (χ3v) is 7.09. The zero-order chi connectivity index (χ0) is 19.6. The van der Waals surface area contributed by atoms with Crippen LogP contribution in [-0.4, -0.2) is 25.1 Å². The van der Waals surface area contributed by atoms with Crippen LogP contribution in [0, 0.1) is 6.92 Å². The van der Waals surface area contributed by atoms with Crippen LogP contribution in [0.5, 0.6) is 0 Å². The number of anilines is 2.